The molecule has 8 N–H and O–H groups in total. The first-order valence-electron chi connectivity index (χ1n) is 45.6. The fourth-order valence-corrected chi connectivity index (χ4v) is 22.3. The minimum Gasteiger partial charge on any atom is -1.00 e. The maximum absolute atomic E-state index is 13.0. The SMILES string of the molecule is C1CCOC1.CC(C)(O)c1cc2nc(C3CCC(CO)CC3)sc2cc1NC(=O)c1cccc(C(F)F)n1.CCC1CCC(c2nc3cc(C(=O)OC)c(Br)cc3s2)CC1.CCC1CCC(c2nc3cc(C(=O)OC)c(NC(=O)c4cccc(C(F)F)n4)cc3s2)CC1.COC(=O)c1cc2nc(C3CCC(CO)CC3)sc2cc1NC(=O)c1cccc(C(F)F)n1.NC(=O)c1cccc(C(F)F)n1.[Br-].[CH3-].[Mg+2]. The molecule has 41 heteroatoms. The van der Waals surface area contributed by atoms with Crippen LogP contribution in [-0.4, -0.2) is 168 Å². The molecule has 0 atom stereocenters. The maximum Gasteiger partial charge on any atom is 2.00 e. The number of carbonyl (C=O) groups is 7. The zero-order valence-electron chi connectivity index (χ0n) is 79.1. The first-order valence-corrected chi connectivity index (χ1v) is 49.7. The Balaban J connectivity index is 0.000000198. The van der Waals surface area contributed by atoms with Crippen molar-refractivity contribution >= 4 is 184 Å². The molecule has 26 nitrogen and oxygen atoms in total. The van der Waals surface area contributed by atoms with E-state index in [0.29, 0.717) is 57.4 Å². The van der Waals surface area contributed by atoms with Crippen LogP contribution in [0.3, 0.4) is 0 Å². The number of primary amides is 1. The molecule has 8 aromatic heterocycles. The molecular weight excluding hydrogens is 2060 g/mol. The number of halogens is 10. The van der Waals surface area contributed by atoms with Gasteiger partial charge >= 0.3 is 41.0 Å². The molecule has 9 heterocycles. The van der Waals surface area contributed by atoms with Crippen molar-refractivity contribution in [2.24, 2.45) is 29.4 Å². The molecule has 1 aliphatic heterocycles. The van der Waals surface area contributed by atoms with Gasteiger partial charge in [0.05, 0.1) is 116 Å². The average Bonchev–Trinajstić information content (AvgIpc) is 1.65. The number of pyridine rings is 4. The number of esters is 3. The number of anilines is 3. The number of amides is 4. The maximum atomic E-state index is 13.0. The molecule has 0 radical (unpaired) electrons. The molecule has 4 saturated carbocycles. The average molecular weight is 2170 g/mol. The van der Waals surface area contributed by atoms with Crippen molar-refractivity contribution in [1.82, 2.24) is 39.9 Å². The van der Waals surface area contributed by atoms with Crippen molar-refractivity contribution in [3.05, 3.63) is 221 Å². The number of alkyl halides is 8. The Hall–Kier alpha value is -9.66. The zero-order chi connectivity index (χ0) is 99.2. The fraction of sp³-hybridized carbons (Fsp3) is 0.440. The molecule has 0 bridgehead atoms. The van der Waals surface area contributed by atoms with Crippen LogP contribution in [0.2, 0.25) is 0 Å². The topological polar surface area (TPSA) is 382 Å². The summed E-state index contributed by atoms with van der Waals surface area (Å²) in [5, 5.41) is 41.7. The second-order valence-electron chi connectivity index (χ2n) is 34.7. The number of benzene rings is 4. The van der Waals surface area contributed by atoms with E-state index in [2.05, 4.69) is 65.7 Å². The molecule has 17 rings (SSSR count). The van der Waals surface area contributed by atoms with Crippen LogP contribution < -0.4 is 38.7 Å². The second-order valence-corrected chi connectivity index (χ2v) is 39.8. The van der Waals surface area contributed by atoms with Crippen LogP contribution in [0.25, 0.3) is 40.9 Å². The number of hydrogen-bond donors (Lipinski definition) is 7. The number of aliphatic hydroxyl groups excluding tert-OH is 2. The number of nitrogens with two attached hydrogens (primary N) is 1. The van der Waals surface area contributed by atoms with E-state index in [-0.39, 0.29) is 118 Å². The van der Waals surface area contributed by atoms with Gasteiger partial charge in [0.25, 0.3) is 49.3 Å². The van der Waals surface area contributed by atoms with E-state index in [1.54, 1.807) is 84.3 Å². The molecule has 4 aromatic carbocycles. The molecule has 0 spiro atoms. The Morgan fingerprint density at radius 3 is 0.986 bits per heavy atom. The minimum absolute atomic E-state index is 0. The van der Waals surface area contributed by atoms with E-state index in [1.807, 2.05) is 12.1 Å². The van der Waals surface area contributed by atoms with Crippen molar-refractivity contribution in [1.29, 1.82) is 0 Å². The third-order valence-corrected chi connectivity index (χ3v) is 30.3. The summed E-state index contributed by atoms with van der Waals surface area (Å²) in [6.45, 7) is 10.2. The van der Waals surface area contributed by atoms with E-state index in [4.69, 9.17) is 44.6 Å². The number of fused-ring (bicyclic) bond motifs is 4. The second kappa shape index (κ2) is 54.3. The Morgan fingerprint density at radius 1 is 0.426 bits per heavy atom. The van der Waals surface area contributed by atoms with Gasteiger partial charge in [-0.1, -0.05) is 51.0 Å². The number of nitrogens with zero attached hydrogens (tertiary/aromatic N) is 8. The molecule has 752 valence electrons. The number of aliphatic hydroxyl groups is 3. The smallest absolute Gasteiger partial charge is 1.00 e. The fourth-order valence-electron chi connectivity index (χ4n) is 17.0. The van der Waals surface area contributed by atoms with E-state index in [0.717, 1.165) is 157 Å². The molecule has 4 amide bonds. The van der Waals surface area contributed by atoms with Gasteiger partial charge in [0.1, 0.15) is 45.6 Å². The summed E-state index contributed by atoms with van der Waals surface area (Å²) in [6.07, 6.45) is 11.3. The number of carbonyl (C=O) groups excluding carboxylic acids is 7. The summed E-state index contributed by atoms with van der Waals surface area (Å²) in [5.41, 5.74) is 6.09. The van der Waals surface area contributed by atoms with Gasteiger partial charge < -0.3 is 80.4 Å². The summed E-state index contributed by atoms with van der Waals surface area (Å²) in [5.74, 6) is -0.493. The van der Waals surface area contributed by atoms with Gasteiger partial charge in [-0.05, 0) is 266 Å². The van der Waals surface area contributed by atoms with Crippen LogP contribution in [0, 0.1) is 31.1 Å². The third kappa shape index (κ3) is 31.0. The summed E-state index contributed by atoms with van der Waals surface area (Å²) < 4.78 is 126. The van der Waals surface area contributed by atoms with Crippen molar-refractivity contribution < 1.29 is 120 Å². The van der Waals surface area contributed by atoms with Gasteiger partial charge in [-0.3, -0.25) is 19.2 Å². The Morgan fingerprint density at radius 2 is 0.702 bits per heavy atom. The van der Waals surface area contributed by atoms with E-state index in [9.17, 15) is 84.0 Å². The first kappa shape index (κ1) is 115. The van der Waals surface area contributed by atoms with Crippen LogP contribution in [0.1, 0.15) is 327 Å². The number of rotatable bonds is 23. The van der Waals surface area contributed by atoms with Gasteiger partial charge in [-0.2, -0.15) is 0 Å². The van der Waals surface area contributed by atoms with Gasteiger partial charge in [-0.25, -0.2) is 89.4 Å². The number of nitrogens with one attached hydrogen (secondary N) is 3. The summed E-state index contributed by atoms with van der Waals surface area (Å²) in [6, 6.07) is 29.2. The van der Waals surface area contributed by atoms with Gasteiger partial charge in [0.2, 0.25) is 0 Å². The van der Waals surface area contributed by atoms with Crippen molar-refractivity contribution in [3.8, 4) is 0 Å². The molecule has 0 unspecified atom stereocenters. The normalized spacial score (nSPS) is 18.3. The largest absolute Gasteiger partial charge is 2.00 e. The first-order chi connectivity index (χ1) is 66.2. The monoisotopic (exact) mass is 2170 g/mol. The molecule has 4 aliphatic carbocycles. The Labute approximate surface area is 862 Å². The van der Waals surface area contributed by atoms with Crippen molar-refractivity contribution in [3.63, 3.8) is 0 Å². The molecular formula is C100H112Br2F8MgN12O14S4. The number of ether oxygens (including phenoxy) is 4. The standard InChI is InChI=1S/C24H27F2N3O3S.C24H25F2N3O3S.C23H23F2N3O4S.C17H20BrNO2S.C7H6F2N2O.C4H8O.CH3.BrH.Mg/c1-24(2,32)15-10-19-20(33-23(29-19)14-8-6-13(12-30)7-9-14)11-18(15)28-22(31)17-5-3-4-16(27-17)21(25)26;1-3-13-7-9-14(10-8-13)23-29-19-11-15(24(31)32-2)18(12-20(19)33-23)28-22(30)17-6-4-5-16(27-17)21(25)26;1-32-23(31)14-9-18-19(33-22(28-18)13-7-5-12(11-29)6-8-13)10-17(14)27-21(30)16-4-2-3-15(26-16)20(24)25;1-3-10-4-6-11(7-5-10)16-19-14-8-12(17(20)21-2)13(18)9-15(14)22-16;8-6(9)4-2-1-3-5(11-4)7(10)12;1-2-4-5-3-1;;;/h3-5,10-11,13-14,21,30,32H,6-9,12H2,1-2H3,(H,28,31);4-6,11-14,21H,3,7-10H2,1-2H3,(H,28,30);2-4,9-10,12-13,20,29H,5-8,11H2,1H3,(H,27,30);8-11H,3-7H2,1-2H3;1-3,6H,(H2,10,12);1-4H2;1H3;1H;/q;;;;;;-1;;+2/p-1. The predicted molar refractivity (Wildman–Crippen MR) is 530 cm³/mol. The van der Waals surface area contributed by atoms with Crippen LogP contribution in [0.15, 0.2) is 126 Å². The Bertz CT molecular complexity index is 6050. The van der Waals surface area contributed by atoms with Gasteiger partial charge in [0.15, 0.2) is 0 Å². The third-order valence-electron chi connectivity index (χ3n) is 25.0. The van der Waals surface area contributed by atoms with Crippen LogP contribution in [0.4, 0.5) is 52.2 Å². The van der Waals surface area contributed by atoms with Gasteiger partial charge in [0, 0.05) is 65.8 Å². The number of hydrogen-bond acceptors (Lipinski definition) is 26. The molecule has 5 aliphatic rings. The van der Waals surface area contributed by atoms with Crippen molar-refractivity contribution in [2.75, 3.05) is 63.7 Å². The number of aromatic nitrogens is 8. The van der Waals surface area contributed by atoms with Crippen molar-refractivity contribution in [2.45, 2.75) is 211 Å². The number of methoxy groups -OCH3 is 3. The predicted octanol–water partition coefficient (Wildman–Crippen LogP) is 21.2. The minimum atomic E-state index is -2.80. The van der Waals surface area contributed by atoms with Gasteiger partial charge in [-0.15, -0.1) is 45.3 Å². The summed E-state index contributed by atoms with van der Waals surface area (Å²) in [4.78, 5) is 119. The molecule has 12 aromatic rings. The van der Waals surface area contributed by atoms with Crippen LogP contribution in [-0.2, 0) is 24.5 Å². The molecule has 1 saturated heterocycles. The van der Waals surface area contributed by atoms with E-state index >= 15 is 0 Å². The Kier molecular flexibility index (Phi) is 44.3. The van der Waals surface area contributed by atoms with E-state index in [1.165, 1.54) is 156 Å². The van der Waals surface area contributed by atoms with E-state index < -0.39 is 89.6 Å². The van der Waals surface area contributed by atoms with Crippen LogP contribution >= 0.6 is 61.3 Å². The number of thiazole rings is 4. The molecule has 141 heavy (non-hydrogen) atoms. The zero-order valence-corrected chi connectivity index (χ0v) is 86.9. The van der Waals surface area contributed by atoms with Crippen LogP contribution in [0.5, 0.6) is 0 Å². The molecule has 5 fully saturated rings. The quantitative estimate of drug-likeness (QED) is 0.0103. The summed E-state index contributed by atoms with van der Waals surface area (Å²) in [7, 11) is 3.89. The summed E-state index contributed by atoms with van der Waals surface area (Å²) >= 11 is 9.82.